The Morgan fingerprint density at radius 2 is 1.78 bits per heavy atom. The third kappa shape index (κ3) is 2.75. The molecule has 0 heterocycles. The SMILES string of the molecule is CCC(CC)(CC)Nc1c(N)cccc1C(N)=O. The minimum absolute atomic E-state index is 0.0420. The number of hydrogen-bond donors (Lipinski definition) is 3. The average Bonchev–Trinajstić information content (AvgIpc) is 2.37. The van der Waals surface area contributed by atoms with Crippen molar-refractivity contribution in [2.24, 2.45) is 5.73 Å². The number of para-hydroxylation sites is 1. The zero-order valence-corrected chi connectivity index (χ0v) is 11.4. The Bertz CT molecular complexity index is 417. The number of benzene rings is 1. The van der Waals surface area contributed by atoms with Crippen molar-refractivity contribution in [3.05, 3.63) is 23.8 Å². The Balaban J connectivity index is 3.20. The van der Waals surface area contributed by atoms with E-state index < -0.39 is 5.91 Å². The predicted molar refractivity (Wildman–Crippen MR) is 76.6 cm³/mol. The van der Waals surface area contributed by atoms with Gasteiger partial charge in [0.15, 0.2) is 0 Å². The second-order valence-electron chi connectivity index (χ2n) is 4.60. The Morgan fingerprint density at radius 3 is 2.22 bits per heavy atom. The number of primary amides is 1. The van der Waals surface area contributed by atoms with E-state index >= 15 is 0 Å². The molecule has 0 unspecified atom stereocenters. The Morgan fingerprint density at radius 1 is 1.22 bits per heavy atom. The quantitative estimate of drug-likeness (QED) is 0.678. The third-order valence-corrected chi connectivity index (χ3v) is 3.78. The molecule has 0 aromatic heterocycles. The molecule has 1 amide bonds. The van der Waals surface area contributed by atoms with E-state index in [0.717, 1.165) is 19.3 Å². The van der Waals surface area contributed by atoms with Crippen molar-refractivity contribution >= 4 is 17.3 Å². The number of anilines is 2. The van der Waals surface area contributed by atoms with Crippen LogP contribution >= 0.6 is 0 Å². The molecule has 0 saturated heterocycles. The first-order valence-corrected chi connectivity index (χ1v) is 6.46. The highest BCUT2D eigenvalue weighted by atomic mass is 16.1. The zero-order chi connectivity index (χ0) is 13.8. The van der Waals surface area contributed by atoms with Crippen molar-refractivity contribution in [3.63, 3.8) is 0 Å². The van der Waals surface area contributed by atoms with Gasteiger partial charge in [-0.1, -0.05) is 26.8 Å². The van der Waals surface area contributed by atoms with E-state index in [1.807, 2.05) is 0 Å². The first kappa shape index (κ1) is 14.4. The van der Waals surface area contributed by atoms with E-state index in [4.69, 9.17) is 11.5 Å². The highest BCUT2D eigenvalue weighted by Gasteiger charge is 2.26. The van der Waals surface area contributed by atoms with E-state index in [2.05, 4.69) is 26.1 Å². The van der Waals surface area contributed by atoms with Gasteiger partial charge in [-0.3, -0.25) is 4.79 Å². The molecule has 1 aromatic rings. The zero-order valence-electron chi connectivity index (χ0n) is 11.4. The van der Waals surface area contributed by atoms with Gasteiger partial charge in [-0.05, 0) is 31.4 Å². The number of carbonyl (C=O) groups excluding carboxylic acids is 1. The lowest BCUT2D eigenvalue weighted by Crippen LogP contribution is -2.37. The molecule has 0 saturated carbocycles. The maximum atomic E-state index is 11.5. The van der Waals surface area contributed by atoms with E-state index in [1.54, 1.807) is 18.2 Å². The van der Waals surface area contributed by atoms with Gasteiger partial charge in [0.1, 0.15) is 0 Å². The second kappa shape index (κ2) is 5.76. The molecule has 0 radical (unpaired) electrons. The maximum absolute atomic E-state index is 11.5. The van der Waals surface area contributed by atoms with Gasteiger partial charge < -0.3 is 16.8 Å². The van der Waals surface area contributed by atoms with Crippen LogP contribution in [-0.2, 0) is 0 Å². The van der Waals surface area contributed by atoms with Crippen LogP contribution in [0.1, 0.15) is 50.4 Å². The van der Waals surface area contributed by atoms with Crippen molar-refractivity contribution in [1.29, 1.82) is 0 Å². The van der Waals surface area contributed by atoms with E-state index in [9.17, 15) is 4.79 Å². The fraction of sp³-hybridized carbons (Fsp3) is 0.500. The first-order chi connectivity index (χ1) is 8.49. The fourth-order valence-electron chi connectivity index (χ4n) is 2.20. The van der Waals surface area contributed by atoms with E-state index in [-0.39, 0.29) is 5.54 Å². The molecule has 1 aromatic carbocycles. The minimum atomic E-state index is -0.456. The summed E-state index contributed by atoms with van der Waals surface area (Å²) in [5.41, 5.74) is 13.0. The Hall–Kier alpha value is -1.71. The highest BCUT2D eigenvalue weighted by Crippen LogP contribution is 2.31. The van der Waals surface area contributed by atoms with Gasteiger partial charge in [-0.25, -0.2) is 0 Å². The largest absolute Gasteiger partial charge is 0.397 e. The van der Waals surface area contributed by atoms with Crippen molar-refractivity contribution in [2.45, 2.75) is 45.6 Å². The second-order valence-corrected chi connectivity index (χ2v) is 4.60. The molecular formula is C14H23N3O. The summed E-state index contributed by atoms with van der Waals surface area (Å²) in [4.78, 5) is 11.5. The van der Waals surface area contributed by atoms with E-state index in [1.165, 1.54) is 0 Å². The van der Waals surface area contributed by atoms with Gasteiger partial charge in [0.2, 0.25) is 0 Å². The highest BCUT2D eigenvalue weighted by molar-refractivity contribution is 6.01. The summed E-state index contributed by atoms with van der Waals surface area (Å²) in [6.07, 6.45) is 2.89. The molecule has 4 nitrogen and oxygen atoms in total. The third-order valence-electron chi connectivity index (χ3n) is 3.78. The van der Waals surface area contributed by atoms with Crippen LogP contribution in [0.4, 0.5) is 11.4 Å². The first-order valence-electron chi connectivity index (χ1n) is 6.46. The lowest BCUT2D eigenvalue weighted by atomic mass is 9.89. The van der Waals surface area contributed by atoms with Crippen molar-refractivity contribution in [3.8, 4) is 0 Å². The molecule has 0 aliphatic carbocycles. The van der Waals surface area contributed by atoms with E-state index in [0.29, 0.717) is 16.9 Å². The monoisotopic (exact) mass is 249 g/mol. The summed E-state index contributed by atoms with van der Waals surface area (Å²) in [5.74, 6) is -0.456. The number of nitrogens with one attached hydrogen (secondary N) is 1. The van der Waals surface area contributed by atoms with Gasteiger partial charge in [-0.2, -0.15) is 0 Å². The van der Waals surface area contributed by atoms with Gasteiger partial charge in [-0.15, -0.1) is 0 Å². The predicted octanol–water partition coefficient (Wildman–Crippen LogP) is 2.75. The van der Waals surface area contributed by atoms with Crippen molar-refractivity contribution in [2.75, 3.05) is 11.1 Å². The van der Waals surface area contributed by atoms with Crippen LogP contribution < -0.4 is 16.8 Å². The number of hydrogen-bond acceptors (Lipinski definition) is 3. The molecular weight excluding hydrogens is 226 g/mol. The fourth-order valence-corrected chi connectivity index (χ4v) is 2.20. The normalized spacial score (nSPS) is 11.3. The molecule has 18 heavy (non-hydrogen) atoms. The Kier molecular flexibility index (Phi) is 4.59. The number of nitrogens with two attached hydrogens (primary N) is 2. The summed E-state index contributed by atoms with van der Waals surface area (Å²) in [7, 11) is 0. The molecule has 4 heteroatoms. The van der Waals surface area contributed by atoms with Crippen molar-refractivity contribution < 1.29 is 4.79 Å². The van der Waals surface area contributed by atoms with Crippen LogP contribution in [0.2, 0.25) is 0 Å². The molecule has 0 bridgehead atoms. The van der Waals surface area contributed by atoms with Crippen LogP contribution in [-0.4, -0.2) is 11.4 Å². The molecule has 0 aliphatic rings. The molecule has 1 rings (SSSR count). The average molecular weight is 249 g/mol. The summed E-state index contributed by atoms with van der Waals surface area (Å²) in [6, 6.07) is 5.22. The van der Waals surface area contributed by atoms with Crippen LogP contribution in [0.15, 0.2) is 18.2 Å². The van der Waals surface area contributed by atoms with Gasteiger partial charge >= 0.3 is 0 Å². The molecule has 0 fully saturated rings. The number of carbonyl (C=O) groups is 1. The molecule has 100 valence electrons. The topological polar surface area (TPSA) is 81.1 Å². The number of rotatable bonds is 6. The standard InChI is InChI=1S/C14H23N3O/c1-4-14(5-2,6-3)17-12-10(13(16)18)8-7-9-11(12)15/h7-9,17H,4-6,15H2,1-3H3,(H2,16,18). The molecule has 5 N–H and O–H groups in total. The lowest BCUT2D eigenvalue weighted by Gasteiger charge is -2.34. The Labute approximate surface area is 109 Å². The minimum Gasteiger partial charge on any atom is -0.397 e. The molecule has 0 aliphatic heterocycles. The summed E-state index contributed by atoms with van der Waals surface area (Å²) in [5, 5.41) is 3.43. The van der Waals surface area contributed by atoms with Crippen molar-refractivity contribution in [1.82, 2.24) is 0 Å². The smallest absolute Gasteiger partial charge is 0.250 e. The summed E-state index contributed by atoms with van der Waals surface area (Å²) >= 11 is 0. The number of nitrogen functional groups attached to an aromatic ring is 1. The van der Waals surface area contributed by atoms with Gasteiger partial charge in [0.25, 0.3) is 5.91 Å². The van der Waals surface area contributed by atoms with Crippen LogP contribution in [0.25, 0.3) is 0 Å². The maximum Gasteiger partial charge on any atom is 0.250 e. The van der Waals surface area contributed by atoms with Crippen LogP contribution in [0.3, 0.4) is 0 Å². The van der Waals surface area contributed by atoms with Gasteiger partial charge in [0, 0.05) is 5.54 Å². The number of amides is 1. The molecule has 0 atom stereocenters. The molecule has 0 spiro atoms. The van der Waals surface area contributed by atoms with Crippen LogP contribution in [0.5, 0.6) is 0 Å². The summed E-state index contributed by atoms with van der Waals surface area (Å²) < 4.78 is 0. The lowest BCUT2D eigenvalue weighted by molar-refractivity contribution is 0.100. The summed E-state index contributed by atoms with van der Waals surface area (Å²) in [6.45, 7) is 6.38. The van der Waals surface area contributed by atoms with Gasteiger partial charge in [0.05, 0.1) is 16.9 Å². The van der Waals surface area contributed by atoms with Crippen LogP contribution in [0, 0.1) is 0 Å².